The van der Waals surface area contributed by atoms with Crippen LogP contribution in [-0.4, -0.2) is 17.6 Å². The molecular formula is C9H7Br2F2NO2. The Morgan fingerprint density at radius 2 is 2.19 bits per heavy atom. The van der Waals surface area contributed by atoms with Crippen LogP contribution in [0, 0.1) is 0 Å². The van der Waals surface area contributed by atoms with Crippen LogP contribution >= 0.6 is 31.9 Å². The Morgan fingerprint density at radius 3 is 2.69 bits per heavy atom. The maximum atomic E-state index is 12.6. The van der Waals surface area contributed by atoms with Crippen molar-refractivity contribution < 1.29 is 18.3 Å². The lowest BCUT2D eigenvalue weighted by Gasteiger charge is -2.10. The van der Waals surface area contributed by atoms with E-state index in [0.717, 1.165) is 0 Å². The minimum absolute atomic E-state index is 0.112. The second kappa shape index (κ2) is 5.67. The van der Waals surface area contributed by atoms with Crippen LogP contribution in [0.25, 0.3) is 0 Å². The molecule has 0 aliphatic carbocycles. The maximum Gasteiger partial charge on any atom is 0.341 e. The summed E-state index contributed by atoms with van der Waals surface area (Å²) in [5.74, 6) is -0.821. The van der Waals surface area contributed by atoms with Crippen LogP contribution in [0.2, 0.25) is 0 Å². The Kier molecular flexibility index (Phi) is 4.79. The molecular weight excluding hydrogens is 352 g/mol. The molecule has 0 bridgehead atoms. The van der Waals surface area contributed by atoms with Crippen LogP contribution in [0.1, 0.15) is 29.4 Å². The van der Waals surface area contributed by atoms with E-state index in [2.05, 4.69) is 36.8 Å². The van der Waals surface area contributed by atoms with Gasteiger partial charge in [-0.1, -0.05) is 0 Å². The van der Waals surface area contributed by atoms with Crippen molar-refractivity contribution in [2.45, 2.75) is 13.3 Å². The Balaban J connectivity index is 3.31. The molecule has 0 N–H and O–H groups in total. The van der Waals surface area contributed by atoms with Gasteiger partial charge in [-0.15, -0.1) is 0 Å². The maximum absolute atomic E-state index is 12.6. The molecule has 0 aliphatic rings. The number of nitrogens with zero attached hydrogens (tertiary/aromatic N) is 1. The summed E-state index contributed by atoms with van der Waals surface area (Å²) in [7, 11) is 0. The summed E-state index contributed by atoms with van der Waals surface area (Å²) in [5, 5.41) is 0. The zero-order valence-corrected chi connectivity index (χ0v) is 11.3. The van der Waals surface area contributed by atoms with Gasteiger partial charge in [0.25, 0.3) is 6.43 Å². The average Bonchev–Trinajstić information content (AvgIpc) is 2.21. The third-order valence-electron chi connectivity index (χ3n) is 1.69. The Bertz CT molecular complexity index is 413. The van der Waals surface area contributed by atoms with Crippen LogP contribution in [0.5, 0.6) is 0 Å². The van der Waals surface area contributed by atoms with E-state index in [1.54, 1.807) is 6.92 Å². The molecule has 1 aromatic rings. The number of rotatable bonds is 3. The minimum Gasteiger partial charge on any atom is -0.462 e. The minimum atomic E-state index is -2.83. The fraction of sp³-hybridized carbons (Fsp3) is 0.333. The molecule has 1 heterocycles. The van der Waals surface area contributed by atoms with Crippen LogP contribution < -0.4 is 0 Å². The zero-order valence-electron chi connectivity index (χ0n) is 8.14. The van der Waals surface area contributed by atoms with E-state index in [9.17, 15) is 13.6 Å². The van der Waals surface area contributed by atoms with Gasteiger partial charge in [-0.05, 0) is 38.8 Å². The van der Waals surface area contributed by atoms with E-state index in [1.807, 2.05) is 0 Å². The van der Waals surface area contributed by atoms with Crippen LogP contribution in [0.15, 0.2) is 15.1 Å². The first kappa shape index (κ1) is 13.5. The number of halogens is 4. The van der Waals surface area contributed by atoms with Gasteiger partial charge in [0.1, 0.15) is 11.3 Å². The number of hydrogen-bond acceptors (Lipinski definition) is 3. The fourth-order valence-electron chi connectivity index (χ4n) is 1.04. The smallest absolute Gasteiger partial charge is 0.341 e. The van der Waals surface area contributed by atoms with Gasteiger partial charge in [-0.3, -0.25) is 4.98 Å². The van der Waals surface area contributed by atoms with Crippen molar-refractivity contribution in [2.24, 2.45) is 0 Å². The van der Waals surface area contributed by atoms with Crippen molar-refractivity contribution in [1.29, 1.82) is 0 Å². The number of carbonyl (C=O) groups excluding carboxylic acids is 1. The van der Waals surface area contributed by atoms with E-state index >= 15 is 0 Å². The number of alkyl halides is 2. The van der Waals surface area contributed by atoms with Gasteiger partial charge in [0.2, 0.25) is 0 Å². The van der Waals surface area contributed by atoms with Gasteiger partial charge in [0.15, 0.2) is 0 Å². The first-order valence-electron chi connectivity index (χ1n) is 4.28. The highest BCUT2D eigenvalue weighted by molar-refractivity contribution is 9.13. The standard InChI is InChI=1S/C9H7Br2F2NO2/c1-2-16-9(15)5-6(11)4(10)3-14-7(5)8(12)13/h3,8H,2H2,1H3. The van der Waals surface area contributed by atoms with E-state index in [0.29, 0.717) is 4.47 Å². The van der Waals surface area contributed by atoms with Gasteiger partial charge < -0.3 is 4.74 Å². The molecule has 3 nitrogen and oxygen atoms in total. The molecule has 0 radical (unpaired) electrons. The van der Waals surface area contributed by atoms with E-state index < -0.39 is 18.1 Å². The Morgan fingerprint density at radius 1 is 1.56 bits per heavy atom. The molecule has 0 atom stereocenters. The van der Waals surface area contributed by atoms with E-state index in [1.165, 1.54) is 6.20 Å². The summed E-state index contributed by atoms with van der Waals surface area (Å²) in [6.45, 7) is 1.71. The van der Waals surface area contributed by atoms with E-state index in [-0.39, 0.29) is 16.6 Å². The molecule has 88 valence electrons. The third kappa shape index (κ3) is 2.76. The highest BCUT2D eigenvalue weighted by atomic mass is 79.9. The Hall–Kier alpha value is -0.560. The summed E-state index contributed by atoms with van der Waals surface area (Å²) < 4.78 is 30.6. The van der Waals surface area contributed by atoms with Crippen molar-refractivity contribution >= 4 is 37.8 Å². The second-order valence-electron chi connectivity index (χ2n) is 2.70. The predicted octanol–water partition coefficient (Wildman–Crippen LogP) is 3.72. The highest BCUT2D eigenvalue weighted by Gasteiger charge is 2.25. The molecule has 0 aliphatic heterocycles. The van der Waals surface area contributed by atoms with Gasteiger partial charge in [0, 0.05) is 10.7 Å². The van der Waals surface area contributed by atoms with Crippen molar-refractivity contribution in [3.63, 3.8) is 0 Å². The molecule has 0 saturated carbocycles. The number of hydrogen-bond donors (Lipinski definition) is 0. The third-order valence-corrected chi connectivity index (χ3v) is 3.65. The van der Waals surface area contributed by atoms with Crippen molar-refractivity contribution in [3.8, 4) is 0 Å². The predicted molar refractivity (Wildman–Crippen MR) is 60.6 cm³/mol. The second-order valence-corrected chi connectivity index (χ2v) is 4.35. The summed E-state index contributed by atoms with van der Waals surface area (Å²) in [5.41, 5.74) is -0.834. The Labute approximate surface area is 107 Å². The fourth-order valence-corrected chi connectivity index (χ4v) is 1.81. The first-order chi connectivity index (χ1) is 7.49. The number of carbonyl (C=O) groups is 1. The molecule has 16 heavy (non-hydrogen) atoms. The number of pyridine rings is 1. The molecule has 0 saturated heterocycles. The summed E-state index contributed by atoms with van der Waals surface area (Å²) >= 11 is 6.14. The monoisotopic (exact) mass is 357 g/mol. The zero-order chi connectivity index (χ0) is 12.3. The van der Waals surface area contributed by atoms with Gasteiger partial charge in [0.05, 0.1) is 11.1 Å². The SMILES string of the molecule is CCOC(=O)c1c(C(F)F)ncc(Br)c1Br. The number of aromatic nitrogens is 1. The summed E-state index contributed by atoms with van der Waals surface area (Å²) in [6, 6.07) is 0. The molecule has 7 heteroatoms. The van der Waals surface area contributed by atoms with Crippen LogP contribution in [-0.2, 0) is 4.74 Å². The lowest BCUT2D eigenvalue weighted by Crippen LogP contribution is -2.11. The molecule has 0 amide bonds. The van der Waals surface area contributed by atoms with Gasteiger partial charge in [-0.25, -0.2) is 13.6 Å². The molecule has 0 fully saturated rings. The van der Waals surface area contributed by atoms with Crippen molar-refractivity contribution in [1.82, 2.24) is 4.98 Å². The molecule has 1 rings (SSSR count). The topological polar surface area (TPSA) is 39.2 Å². The van der Waals surface area contributed by atoms with Crippen LogP contribution in [0.4, 0.5) is 8.78 Å². The highest BCUT2D eigenvalue weighted by Crippen LogP contribution is 2.32. The number of ether oxygens (including phenoxy) is 1. The largest absolute Gasteiger partial charge is 0.462 e. The lowest BCUT2D eigenvalue weighted by molar-refractivity contribution is 0.0512. The number of esters is 1. The summed E-state index contributed by atoms with van der Waals surface area (Å²) in [6.07, 6.45) is -1.63. The summed E-state index contributed by atoms with van der Waals surface area (Å²) in [4.78, 5) is 15.0. The normalized spacial score (nSPS) is 10.6. The van der Waals surface area contributed by atoms with Crippen LogP contribution in [0.3, 0.4) is 0 Å². The molecule has 0 spiro atoms. The van der Waals surface area contributed by atoms with Crippen molar-refractivity contribution in [2.75, 3.05) is 6.61 Å². The van der Waals surface area contributed by atoms with Gasteiger partial charge in [-0.2, -0.15) is 0 Å². The van der Waals surface area contributed by atoms with E-state index in [4.69, 9.17) is 4.74 Å². The quantitative estimate of drug-likeness (QED) is 0.773. The molecule has 1 aromatic heterocycles. The molecule has 0 aromatic carbocycles. The van der Waals surface area contributed by atoms with Crippen molar-refractivity contribution in [3.05, 3.63) is 26.4 Å². The average molecular weight is 359 g/mol. The molecule has 0 unspecified atom stereocenters. The first-order valence-corrected chi connectivity index (χ1v) is 5.86. The van der Waals surface area contributed by atoms with Gasteiger partial charge >= 0.3 is 5.97 Å². The lowest BCUT2D eigenvalue weighted by atomic mass is 10.2.